The molecule has 0 atom stereocenters. The highest BCUT2D eigenvalue weighted by Gasteiger charge is 2.23. The van der Waals surface area contributed by atoms with Crippen molar-refractivity contribution in [1.29, 1.82) is 0 Å². The van der Waals surface area contributed by atoms with Crippen LogP contribution >= 0.6 is 11.3 Å². The van der Waals surface area contributed by atoms with Gasteiger partial charge in [-0.25, -0.2) is 13.4 Å². The van der Waals surface area contributed by atoms with Gasteiger partial charge in [-0.3, -0.25) is 5.10 Å². The Morgan fingerprint density at radius 2 is 2.11 bits per heavy atom. The van der Waals surface area contributed by atoms with Crippen LogP contribution in [0.1, 0.15) is 16.5 Å². The number of nitrogens with zero attached hydrogens (tertiary/aromatic N) is 3. The number of sulfonamides is 1. The largest absolute Gasteiger partial charge is 0.263 e. The van der Waals surface area contributed by atoms with Crippen LogP contribution in [0.3, 0.4) is 0 Å². The third-order valence-corrected chi connectivity index (χ3v) is 5.66. The summed E-state index contributed by atoms with van der Waals surface area (Å²) in [5.41, 5.74) is 0. The smallest absolute Gasteiger partial charge is 0.252 e. The van der Waals surface area contributed by atoms with Crippen LogP contribution in [0.4, 0.5) is 0 Å². The van der Waals surface area contributed by atoms with Gasteiger partial charge in [-0.05, 0) is 26.0 Å². The minimum Gasteiger partial charge on any atom is -0.263 e. The van der Waals surface area contributed by atoms with Crippen molar-refractivity contribution in [2.75, 3.05) is 7.05 Å². The molecule has 1 N–H and O–H groups in total. The van der Waals surface area contributed by atoms with Crippen LogP contribution in [0, 0.1) is 13.8 Å². The fourth-order valence-electron chi connectivity index (χ4n) is 1.45. The van der Waals surface area contributed by atoms with Gasteiger partial charge in [0.15, 0.2) is 5.82 Å². The number of rotatable bonds is 4. The highest BCUT2D eigenvalue weighted by Crippen LogP contribution is 2.24. The van der Waals surface area contributed by atoms with Crippen LogP contribution in [-0.2, 0) is 16.6 Å². The first-order valence-electron chi connectivity index (χ1n) is 5.30. The van der Waals surface area contributed by atoms with Gasteiger partial charge in [-0.15, -0.1) is 11.3 Å². The number of hydrogen-bond donors (Lipinski definition) is 1. The molecule has 6 nitrogen and oxygen atoms in total. The Labute approximate surface area is 110 Å². The fraction of sp³-hybridized carbons (Fsp3) is 0.400. The molecule has 0 aliphatic rings. The van der Waals surface area contributed by atoms with E-state index in [0.29, 0.717) is 15.9 Å². The van der Waals surface area contributed by atoms with Gasteiger partial charge in [0.25, 0.3) is 10.0 Å². The summed E-state index contributed by atoms with van der Waals surface area (Å²) in [5.74, 6) is 1.13. The third kappa shape index (κ3) is 2.60. The monoisotopic (exact) mass is 286 g/mol. The van der Waals surface area contributed by atoms with E-state index in [0.717, 1.165) is 4.88 Å². The van der Waals surface area contributed by atoms with Gasteiger partial charge in [0.05, 0.1) is 6.54 Å². The van der Waals surface area contributed by atoms with Crippen molar-refractivity contribution in [3.05, 3.63) is 28.7 Å². The van der Waals surface area contributed by atoms with Gasteiger partial charge in [0, 0.05) is 11.9 Å². The summed E-state index contributed by atoms with van der Waals surface area (Å²) in [6, 6.07) is 3.41. The first-order valence-corrected chi connectivity index (χ1v) is 7.56. The van der Waals surface area contributed by atoms with E-state index >= 15 is 0 Å². The van der Waals surface area contributed by atoms with Crippen LogP contribution in [0.25, 0.3) is 0 Å². The van der Waals surface area contributed by atoms with Crippen molar-refractivity contribution in [3.63, 3.8) is 0 Å². The molecule has 18 heavy (non-hydrogen) atoms. The number of H-pyrrole nitrogens is 1. The summed E-state index contributed by atoms with van der Waals surface area (Å²) in [7, 11) is -1.93. The Hall–Kier alpha value is -1.25. The lowest BCUT2D eigenvalue weighted by atomic mass is 10.5. The van der Waals surface area contributed by atoms with Crippen molar-refractivity contribution in [2.45, 2.75) is 24.6 Å². The van der Waals surface area contributed by atoms with E-state index in [1.807, 2.05) is 6.92 Å². The van der Waals surface area contributed by atoms with Crippen molar-refractivity contribution in [1.82, 2.24) is 19.5 Å². The molecule has 2 heterocycles. The van der Waals surface area contributed by atoms with E-state index in [9.17, 15) is 8.42 Å². The topological polar surface area (TPSA) is 79.0 Å². The van der Waals surface area contributed by atoms with E-state index in [2.05, 4.69) is 15.2 Å². The van der Waals surface area contributed by atoms with Gasteiger partial charge >= 0.3 is 0 Å². The Kier molecular flexibility index (Phi) is 3.51. The standard InChI is InChI=1S/C10H14N4O2S2/c1-7-4-5-10(17-7)18(15,16)14(3)6-9-11-8(2)12-13-9/h4-5H,6H2,1-3H3,(H,11,12,13). The molecule has 98 valence electrons. The lowest BCUT2D eigenvalue weighted by Gasteiger charge is -2.13. The molecule has 2 rings (SSSR count). The fourth-order valence-corrected chi connectivity index (χ4v) is 4.07. The number of aromatic nitrogens is 3. The number of aryl methyl sites for hydroxylation is 2. The number of nitrogens with one attached hydrogen (secondary N) is 1. The molecule has 0 saturated carbocycles. The second-order valence-electron chi connectivity index (χ2n) is 3.96. The summed E-state index contributed by atoms with van der Waals surface area (Å²) in [6.07, 6.45) is 0. The summed E-state index contributed by atoms with van der Waals surface area (Å²) < 4.78 is 26.0. The van der Waals surface area contributed by atoms with Crippen molar-refractivity contribution in [3.8, 4) is 0 Å². The summed E-state index contributed by atoms with van der Waals surface area (Å²) in [5, 5.41) is 6.62. The highest BCUT2D eigenvalue weighted by atomic mass is 32.2. The molecular weight excluding hydrogens is 272 g/mol. The Bertz CT molecular complexity index is 644. The summed E-state index contributed by atoms with van der Waals surface area (Å²) >= 11 is 1.26. The molecule has 0 amide bonds. The average molecular weight is 286 g/mol. The third-order valence-electron chi connectivity index (χ3n) is 2.39. The van der Waals surface area contributed by atoms with Crippen molar-refractivity contribution >= 4 is 21.4 Å². The molecule has 0 spiro atoms. The van der Waals surface area contributed by atoms with Crippen molar-refractivity contribution < 1.29 is 8.42 Å². The first kappa shape index (κ1) is 13.2. The lowest BCUT2D eigenvalue weighted by Crippen LogP contribution is -2.26. The zero-order valence-electron chi connectivity index (χ0n) is 10.3. The lowest BCUT2D eigenvalue weighted by molar-refractivity contribution is 0.459. The molecular formula is C10H14N4O2S2. The Balaban J connectivity index is 2.20. The minimum atomic E-state index is -3.45. The average Bonchev–Trinajstić information content (AvgIpc) is 2.88. The maximum atomic E-state index is 12.2. The van der Waals surface area contributed by atoms with Crippen LogP contribution in [0.5, 0.6) is 0 Å². The molecule has 0 radical (unpaired) electrons. The summed E-state index contributed by atoms with van der Waals surface area (Å²) in [6.45, 7) is 3.81. The predicted octanol–water partition coefficient (Wildman–Crippen LogP) is 1.30. The quantitative estimate of drug-likeness (QED) is 0.919. The zero-order chi connectivity index (χ0) is 13.3. The van der Waals surface area contributed by atoms with Crippen LogP contribution < -0.4 is 0 Å². The van der Waals surface area contributed by atoms with Crippen molar-refractivity contribution in [2.24, 2.45) is 0 Å². The van der Waals surface area contributed by atoms with Gasteiger partial charge in [-0.1, -0.05) is 0 Å². The minimum absolute atomic E-state index is 0.156. The highest BCUT2D eigenvalue weighted by molar-refractivity contribution is 7.91. The Morgan fingerprint density at radius 1 is 1.39 bits per heavy atom. The SMILES string of the molecule is Cc1nc(CN(C)S(=O)(=O)c2ccc(C)s2)n[nH]1. The normalized spacial score (nSPS) is 12.2. The molecule has 0 aliphatic heterocycles. The molecule has 0 aromatic carbocycles. The Morgan fingerprint density at radius 3 is 2.61 bits per heavy atom. The molecule has 2 aromatic heterocycles. The first-order chi connectivity index (χ1) is 8.39. The van der Waals surface area contributed by atoms with E-state index in [1.54, 1.807) is 19.1 Å². The van der Waals surface area contributed by atoms with E-state index in [-0.39, 0.29) is 6.54 Å². The molecule has 0 aliphatic carbocycles. The van der Waals surface area contributed by atoms with Gasteiger partial charge in [0.1, 0.15) is 10.0 Å². The predicted molar refractivity (Wildman–Crippen MR) is 68.8 cm³/mol. The van der Waals surface area contributed by atoms with Gasteiger partial charge in [0.2, 0.25) is 0 Å². The molecule has 8 heteroatoms. The molecule has 0 bridgehead atoms. The number of aromatic amines is 1. The van der Waals surface area contributed by atoms with E-state index in [4.69, 9.17) is 0 Å². The maximum Gasteiger partial charge on any atom is 0.252 e. The molecule has 0 unspecified atom stereocenters. The van der Waals surface area contributed by atoms with Crippen LogP contribution in [0.2, 0.25) is 0 Å². The number of thiophene rings is 1. The molecule has 0 fully saturated rings. The second kappa shape index (κ2) is 4.79. The molecule has 0 saturated heterocycles. The van der Waals surface area contributed by atoms with E-state index < -0.39 is 10.0 Å². The summed E-state index contributed by atoms with van der Waals surface area (Å²) in [4.78, 5) is 5.06. The van der Waals surface area contributed by atoms with Gasteiger partial charge < -0.3 is 0 Å². The zero-order valence-corrected chi connectivity index (χ0v) is 12.0. The maximum absolute atomic E-state index is 12.2. The van der Waals surface area contributed by atoms with Gasteiger partial charge in [-0.2, -0.15) is 9.40 Å². The number of hydrogen-bond acceptors (Lipinski definition) is 5. The van der Waals surface area contributed by atoms with Crippen LogP contribution in [0.15, 0.2) is 16.3 Å². The molecule has 2 aromatic rings. The second-order valence-corrected chi connectivity index (χ2v) is 7.52. The van der Waals surface area contributed by atoms with Crippen LogP contribution in [-0.4, -0.2) is 35.0 Å². The van der Waals surface area contributed by atoms with E-state index in [1.165, 1.54) is 22.7 Å².